The third-order valence-electron chi connectivity index (χ3n) is 13.6. The molecule has 4 saturated heterocycles. The number of aromatic nitrogens is 4. The molecule has 2 aromatic heterocycles. The molecule has 0 saturated carbocycles. The molecule has 0 radical (unpaired) electrons. The van der Waals surface area contributed by atoms with Gasteiger partial charge in [0.15, 0.2) is 0 Å². The predicted molar refractivity (Wildman–Crippen MR) is 249 cm³/mol. The van der Waals surface area contributed by atoms with E-state index in [-0.39, 0.29) is 60.0 Å². The molecule has 2 aromatic carbocycles. The van der Waals surface area contributed by atoms with Crippen LogP contribution in [0, 0.1) is 23.7 Å². The first-order chi connectivity index (χ1) is 31.8. The number of aliphatic hydroxyl groups excluding tert-OH is 2. The molecule has 6 heterocycles. The lowest BCUT2D eigenvalue weighted by molar-refractivity contribution is -0.136. The van der Waals surface area contributed by atoms with Gasteiger partial charge in [0.1, 0.15) is 23.7 Å². The van der Waals surface area contributed by atoms with Gasteiger partial charge in [0.05, 0.1) is 48.1 Å². The van der Waals surface area contributed by atoms with Gasteiger partial charge in [-0.15, -0.1) is 0 Å². The summed E-state index contributed by atoms with van der Waals surface area (Å²) < 4.78 is 0. The third kappa shape index (κ3) is 10.6. The van der Waals surface area contributed by atoms with E-state index >= 15 is 0 Å². The molecule has 0 aliphatic carbocycles. The molecular formula is C50H64N10O6. The van der Waals surface area contributed by atoms with E-state index in [0.29, 0.717) is 65.0 Å². The summed E-state index contributed by atoms with van der Waals surface area (Å²) in [6.45, 7) is 10.8. The largest absolute Gasteiger partial charge is 0.393 e. The SMILES string of the molecule is CC(C)C(NC(=O)N1CCC(O)CC1)C(=O)N1CCCC1c1ncc(-c2ccc(C#Cc3ccc(-c4cnc(C5CCCN5C(=O)C(NC(=O)N5CCC(O)CC5)C(C)C)[nH]4)cc3)cc2)[nH]1. The van der Waals surface area contributed by atoms with Gasteiger partial charge in [-0.3, -0.25) is 9.59 Å². The first-order valence-electron chi connectivity index (χ1n) is 23.7. The monoisotopic (exact) mass is 901 g/mol. The quantitative estimate of drug-likeness (QED) is 0.111. The fourth-order valence-electron chi connectivity index (χ4n) is 9.52. The van der Waals surface area contributed by atoms with E-state index < -0.39 is 12.1 Å². The van der Waals surface area contributed by atoms with Crippen LogP contribution < -0.4 is 10.6 Å². The zero-order valence-electron chi connectivity index (χ0n) is 38.5. The van der Waals surface area contributed by atoms with E-state index in [9.17, 15) is 29.4 Å². The Morgan fingerprint density at radius 2 is 0.939 bits per heavy atom. The van der Waals surface area contributed by atoms with Crippen molar-refractivity contribution in [2.75, 3.05) is 39.3 Å². The number of H-pyrrole nitrogens is 2. The number of urea groups is 2. The van der Waals surface area contributed by atoms with Gasteiger partial charge < -0.3 is 50.4 Å². The zero-order chi connectivity index (χ0) is 46.5. The molecule has 350 valence electrons. The number of carbonyl (C=O) groups is 4. The number of hydrogen-bond donors (Lipinski definition) is 6. The minimum Gasteiger partial charge on any atom is -0.393 e. The number of hydrogen-bond acceptors (Lipinski definition) is 8. The smallest absolute Gasteiger partial charge is 0.318 e. The highest BCUT2D eigenvalue weighted by Crippen LogP contribution is 2.34. The molecule has 6 amide bonds. The van der Waals surface area contributed by atoms with Crippen molar-refractivity contribution < 1.29 is 29.4 Å². The van der Waals surface area contributed by atoms with Crippen molar-refractivity contribution in [2.24, 2.45) is 11.8 Å². The van der Waals surface area contributed by atoms with Crippen molar-refractivity contribution in [1.29, 1.82) is 0 Å². The molecule has 4 aromatic rings. The number of carbonyl (C=O) groups excluding carboxylic acids is 4. The Labute approximate surface area is 386 Å². The summed E-state index contributed by atoms with van der Waals surface area (Å²) in [5.74, 6) is 7.55. The van der Waals surface area contributed by atoms with Crippen molar-refractivity contribution in [1.82, 2.24) is 50.2 Å². The van der Waals surface area contributed by atoms with Gasteiger partial charge in [-0.05, 0) is 98.6 Å². The Bertz CT molecular complexity index is 2220. The molecule has 0 bridgehead atoms. The molecule has 4 aliphatic rings. The van der Waals surface area contributed by atoms with Crippen molar-refractivity contribution >= 4 is 23.9 Å². The van der Waals surface area contributed by atoms with Gasteiger partial charge in [-0.2, -0.15) is 0 Å². The van der Waals surface area contributed by atoms with Crippen LogP contribution in [0.2, 0.25) is 0 Å². The number of piperidine rings is 2. The lowest BCUT2D eigenvalue weighted by Crippen LogP contribution is -2.55. The van der Waals surface area contributed by atoms with E-state index in [0.717, 1.165) is 71.0 Å². The van der Waals surface area contributed by atoms with Gasteiger partial charge in [-0.1, -0.05) is 63.8 Å². The molecule has 4 fully saturated rings. The van der Waals surface area contributed by atoms with E-state index in [1.807, 2.05) is 86.0 Å². The topological polar surface area (TPSA) is 203 Å². The fourth-order valence-corrected chi connectivity index (χ4v) is 9.52. The molecule has 16 nitrogen and oxygen atoms in total. The number of nitrogens with zero attached hydrogens (tertiary/aromatic N) is 6. The first kappa shape index (κ1) is 46.4. The van der Waals surface area contributed by atoms with Crippen LogP contribution in [0.1, 0.15) is 114 Å². The fraction of sp³-hybridized carbons (Fsp3) is 0.520. The number of imidazole rings is 2. The predicted octanol–water partition coefficient (Wildman–Crippen LogP) is 5.58. The number of aliphatic hydroxyl groups is 2. The van der Waals surface area contributed by atoms with E-state index in [4.69, 9.17) is 9.97 Å². The summed E-state index contributed by atoms with van der Waals surface area (Å²) in [6.07, 6.45) is 8.21. The van der Waals surface area contributed by atoms with Crippen LogP contribution in [-0.2, 0) is 9.59 Å². The number of nitrogens with one attached hydrogen (secondary N) is 4. The lowest BCUT2D eigenvalue weighted by Gasteiger charge is -2.34. The maximum absolute atomic E-state index is 13.9. The first-order valence-corrected chi connectivity index (χ1v) is 23.7. The van der Waals surface area contributed by atoms with Crippen LogP contribution in [0.3, 0.4) is 0 Å². The normalized spacial score (nSPS) is 20.4. The van der Waals surface area contributed by atoms with Crippen molar-refractivity contribution in [2.45, 2.75) is 115 Å². The molecule has 4 aliphatic heterocycles. The molecule has 66 heavy (non-hydrogen) atoms. The summed E-state index contributed by atoms with van der Waals surface area (Å²) in [4.78, 5) is 77.5. The Kier molecular flexibility index (Phi) is 14.4. The van der Waals surface area contributed by atoms with Crippen LogP contribution >= 0.6 is 0 Å². The zero-order valence-corrected chi connectivity index (χ0v) is 38.5. The second-order valence-electron chi connectivity index (χ2n) is 18.9. The number of likely N-dealkylation sites (tertiary alicyclic amines) is 4. The molecule has 6 N–H and O–H groups in total. The summed E-state index contributed by atoms with van der Waals surface area (Å²) in [7, 11) is 0. The van der Waals surface area contributed by atoms with Crippen LogP contribution in [0.4, 0.5) is 9.59 Å². The maximum Gasteiger partial charge on any atom is 0.318 e. The van der Waals surface area contributed by atoms with Crippen LogP contribution in [0.25, 0.3) is 22.5 Å². The highest BCUT2D eigenvalue weighted by Gasteiger charge is 2.40. The molecule has 4 unspecified atom stereocenters. The third-order valence-corrected chi connectivity index (χ3v) is 13.6. The average Bonchev–Trinajstić information content (AvgIpc) is 4.17. The van der Waals surface area contributed by atoms with Gasteiger partial charge >= 0.3 is 12.1 Å². The van der Waals surface area contributed by atoms with Crippen molar-refractivity contribution in [3.8, 4) is 34.4 Å². The Morgan fingerprint density at radius 3 is 1.29 bits per heavy atom. The number of benzene rings is 2. The summed E-state index contributed by atoms with van der Waals surface area (Å²) in [5, 5.41) is 25.7. The number of aromatic amines is 2. The number of rotatable bonds is 10. The minimum atomic E-state index is -0.667. The van der Waals surface area contributed by atoms with Gasteiger partial charge in [0, 0.05) is 50.4 Å². The van der Waals surface area contributed by atoms with Gasteiger partial charge in [0.2, 0.25) is 11.8 Å². The molecular weight excluding hydrogens is 837 g/mol. The van der Waals surface area contributed by atoms with Crippen molar-refractivity contribution in [3.05, 3.63) is 83.7 Å². The van der Waals surface area contributed by atoms with Crippen LogP contribution in [0.15, 0.2) is 60.9 Å². The standard InChI is InChI=1S/C50H64N10O6/c1-31(2)43(55-49(65)57-25-19-37(61)20-26-57)47(63)59-23-5-7-41(59)45-51-29-39(53-45)35-15-11-33(12-16-35)9-10-34-13-17-36(18-14-34)40-30-52-46(54-40)42-8-6-24-60(42)48(64)44(32(3)4)56-50(66)58-27-21-38(62)22-28-58/h11-18,29-32,37-38,41-44,61-62H,5-8,19-28H2,1-4H3,(H,51,53)(H,52,54)(H,55,65)(H,56,66). The van der Waals surface area contributed by atoms with E-state index in [2.05, 4.69) is 32.4 Å². The van der Waals surface area contributed by atoms with E-state index in [1.165, 1.54) is 0 Å². The number of amides is 6. The molecule has 0 spiro atoms. The molecule has 4 atom stereocenters. The van der Waals surface area contributed by atoms with Crippen molar-refractivity contribution in [3.63, 3.8) is 0 Å². The summed E-state index contributed by atoms with van der Waals surface area (Å²) in [6, 6.07) is 13.6. The lowest BCUT2D eigenvalue weighted by atomic mass is 10.0. The van der Waals surface area contributed by atoms with Gasteiger partial charge in [0.25, 0.3) is 0 Å². The Balaban J connectivity index is 0.860. The molecule has 16 heteroatoms. The maximum atomic E-state index is 13.9. The Morgan fingerprint density at radius 1 is 0.576 bits per heavy atom. The second-order valence-corrected chi connectivity index (χ2v) is 18.9. The second kappa shape index (κ2) is 20.6. The molecule has 8 rings (SSSR count). The van der Waals surface area contributed by atoms with Gasteiger partial charge in [-0.25, -0.2) is 19.6 Å². The minimum absolute atomic E-state index is 0.104. The van der Waals surface area contributed by atoms with Crippen LogP contribution in [-0.4, -0.2) is 137 Å². The average molecular weight is 901 g/mol. The highest BCUT2D eigenvalue weighted by molar-refractivity contribution is 5.88. The Hall–Kier alpha value is -6.18. The summed E-state index contributed by atoms with van der Waals surface area (Å²) >= 11 is 0. The summed E-state index contributed by atoms with van der Waals surface area (Å²) in [5.41, 5.74) is 5.30. The van der Waals surface area contributed by atoms with Crippen LogP contribution in [0.5, 0.6) is 0 Å². The highest BCUT2D eigenvalue weighted by atomic mass is 16.3. The van der Waals surface area contributed by atoms with E-state index in [1.54, 1.807) is 22.2 Å².